The summed E-state index contributed by atoms with van der Waals surface area (Å²) in [6, 6.07) is 11.8. The Morgan fingerprint density at radius 2 is 1.53 bits per heavy atom. The highest BCUT2D eigenvalue weighted by atomic mass is 19.1. The van der Waals surface area contributed by atoms with Gasteiger partial charge in [0.15, 0.2) is 0 Å². The maximum absolute atomic E-state index is 13.5. The Kier molecular flexibility index (Phi) is 5.24. The molecule has 0 fully saturated rings. The third kappa shape index (κ3) is 3.65. The second kappa shape index (κ2) is 6.69. The van der Waals surface area contributed by atoms with Crippen LogP contribution < -0.4 is 0 Å². The fraction of sp³-hybridized carbons (Fsp3) is 0.188. The van der Waals surface area contributed by atoms with Crippen molar-refractivity contribution in [3.63, 3.8) is 0 Å². The summed E-state index contributed by atoms with van der Waals surface area (Å²) < 4.78 is 13.5. The van der Waals surface area contributed by atoms with Crippen LogP contribution in [0.15, 0.2) is 42.5 Å². The monoisotopic (exact) mass is 260 g/mol. The fourth-order valence-corrected chi connectivity index (χ4v) is 1.61. The van der Waals surface area contributed by atoms with E-state index in [0.29, 0.717) is 5.56 Å². The van der Waals surface area contributed by atoms with Gasteiger partial charge in [0.25, 0.3) is 0 Å². The number of aryl methyl sites for hydroxylation is 1. The van der Waals surface area contributed by atoms with E-state index in [-0.39, 0.29) is 5.56 Å². The molecule has 0 saturated carbocycles. The Morgan fingerprint density at radius 1 is 1.00 bits per heavy atom. The molecule has 0 aliphatic carbocycles. The number of hydrogen-bond donors (Lipinski definition) is 1. The maximum Gasteiger partial charge on any atom is 0.338 e. The van der Waals surface area contributed by atoms with Gasteiger partial charge in [-0.3, -0.25) is 0 Å². The van der Waals surface area contributed by atoms with Crippen molar-refractivity contribution < 1.29 is 14.3 Å². The van der Waals surface area contributed by atoms with Crippen LogP contribution >= 0.6 is 0 Å². The molecule has 0 atom stereocenters. The van der Waals surface area contributed by atoms with E-state index in [0.717, 1.165) is 11.1 Å². The highest BCUT2D eigenvalue weighted by molar-refractivity contribution is 5.88. The van der Waals surface area contributed by atoms with Gasteiger partial charge in [-0.05, 0) is 30.2 Å². The smallest absolute Gasteiger partial charge is 0.338 e. The van der Waals surface area contributed by atoms with Gasteiger partial charge in [0.05, 0.1) is 5.56 Å². The average Bonchev–Trinajstić information content (AvgIpc) is 2.41. The number of aromatic carboxylic acids is 1. The molecule has 2 aromatic rings. The highest BCUT2D eigenvalue weighted by Gasteiger charge is 2.10. The van der Waals surface area contributed by atoms with E-state index in [4.69, 9.17) is 5.11 Å². The van der Waals surface area contributed by atoms with E-state index in [1.54, 1.807) is 6.07 Å². The Morgan fingerprint density at radius 3 is 2.00 bits per heavy atom. The van der Waals surface area contributed by atoms with Crippen LogP contribution in [0.2, 0.25) is 0 Å². The molecule has 0 bridgehead atoms. The summed E-state index contributed by atoms with van der Waals surface area (Å²) in [6.07, 6.45) is 0. The second-order valence-electron chi connectivity index (χ2n) is 3.87. The van der Waals surface area contributed by atoms with Crippen molar-refractivity contribution in [2.24, 2.45) is 0 Å². The summed E-state index contributed by atoms with van der Waals surface area (Å²) >= 11 is 0. The summed E-state index contributed by atoms with van der Waals surface area (Å²) in [6.45, 7) is 5.97. The molecular weight excluding hydrogens is 243 g/mol. The summed E-state index contributed by atoms with van der Waals surface area (Å²) in [7, 11) is 0. The van der Waals surface area contributed by atoms with Crippen molar-refractivity contribution in [3.05, 3.63) is 59.4 Å². The standard InChI is InChI=1S/C14H11FO2.C2H6/c1-9-2-4-10(5-3-9)11-6-7-12(14(16)17)13(15)8-11;1-2/h2-8H,1H3,(H,16,17);1-2H3. The Balaban J connectivity index is 0.000000861. The fourth-order valence-electron chi connectivity index (χ4n) is 1.61. The van der Waals surface area contributed by atoms with Crippen molar-refractivity contribution in [1.82, 2.24) is 0 Å². The zero-order valence-electron chi connectivity index (χ0n) is 11.3. The van der Waals surface area contributed by atoms with E-state index in [2.05, 4.69) is 0 Å². The quantitative estimate of drug-likeness (QED) is 0.861. The van der Waals surface area contributed by atoms with Gasteiger partial charge in [0.2, 0.25) is 0 Å². The van der Waals surface area contributed by atoms with E-state index < -0.39 is 11.8 Å². The van der Waals surface area contributed by atoms with E-state index in [1.165, 1.54) is 12.1 Å². The molecule has 0 aromatic heterocycles. The molecule has 0 aliphatic heterocycles. The number of benzene rings is 2. The molecule has 3 heteroatoms. The predicted octanol–water partition coefficient (Wildman–Crippen LogP) is 4.53. The number of hydrogen-bond acceptors (Lipinski definition) is 1. The molecular formula is C16H17FO2. The molecule has 1 N–H and O–H groups in total. The molecule has 100 valence electrons. The van der Waals surface area contributed by atoms with Crippen molar-refractivity contribution in [2.45, 2.75) is 20.8 Å². The Bertz CT molecular complexity index is 559. The normalized spacial score (nSPS) is 9.47. The molecule has 0 saturated heterocycles. The van der Waals surface area contributed by atoms with Gasteiger partial charge in [0.1, 0.15) is 5.82 Å². The lowest BCUT2D eigenvalue weighted by atomic mass is 10.0. The zero-order valence-corrected chi connectivity index (χ0v) is 11.3. The molecule has 2 rings (SSSR count). The molecule has 0 radical (unpaired) electrons. The molecule has 0 unspecified atom stereocenters. The first-order valence-electron chi connectivity index (χ1n) is 6.18. The van der Waals surface area contributed by atoms with Crippen LogP contribution in [-0.2, 0) is 0 Å². The second-order valence-corrected chi connectivity index (χ2v) is 3.87. The third-order valence-electron chi connectivity index (χ3n) is 2.58. The molecule has 0 spiro atoms. The molecule has 0 heterocycles. The minimum Gasteiger partial charge on any atom is -0.478 e. The van der Waals surface area contributed by atoms with Gasteiger partial charge >= 0.3 is 5.97 Å². The highest BCUT2D eigenvalue weighted by Crippen LogP contribution is 2.22. The van der Waals surface area contributed by atoms with Crippen molar-refractivity contribution >= 4 is 5.97 Å². The molecule has 19 heavy (non-hydrogen) atoms. The summed E-state index contributed by atoms with van der Waals surface area (Å²) in [5, 5.41) is 8.72. The average molecular weight is 260 g/mol. The summed E-state index contributed by atoms with van der Waals surface area (Å²) in [5.41, 5.74) is 2.36. The van der Waals surface area contributed by atoms with Gasteiger partial charge in [-0.25, -0.2) is 9.18 Å². The van der Waals surface area contributed by atoms with E-state index >= 15 is 0 Å². The lowest BCUT2D eigenvalue weighted by molar-refractivity contribution is 0.0692. The van der Waals surface area contributed by atoms with Gasteiger partial charge in [-0.15, -0.1) is 0 Å². The first kappa shape index (κ1) is 14.9. The van der Waals surface area contributed by atoms with Gasteiger partial charge < -0.3 is 5.11 Å². The number of carbonyl (C=O) groups is 1. The minimum atomic E-state index is -1.25. The molecule has 0 aliphatic rings. The molecule has 2 nitrogen and oxygen atoms in total. The van der Waals surface area contributed by atoms with Crippen LogP contribution in [0.3, 0.4) is 0 Å². The Labute approximate surface area is 112 Å². The molecule has 2 aromatic carbocycles. The zero-order chi connectivity index (χ0) is 14.4. The lowest BCUT2D eigenvalue weighted by Gasteiger charge is -2.04. The number of carboxylic acids is 1. The van der Waals surface area contributed by atoms with Crippen LogP contribution in [0.25, 0.3) is 11.1 Å². The van der Waals surface area contributed by atoms with Crippen molar-refractivity contribution in [1.29, 1.82) is 0 Å². The van der Waals surface area contributed by atoms with Crippen LogP contribution in [0.1, 0.15) is 29.8 Å². The molecule has 0 amide bonds. The van der Waals surface area contributed by atoms with Crippen LogP contribution in [0, 0.1) is 12.7 Å². The summed E-state index contributed by atoms with van der Waals surface area (Å²) in [5.74, 6) is -1.96. The maximum atomic E-state index is 13.5. The number of carboxylic acid groups (broad SMARTS) is 1. The van der Waals surface area contributed by atoms with Gasteiger partial charge in [-0.1, -0.05) is 49.7 Å². The first-order valence-corrected chi connectivity index (χ1v) is 6.18. The number of rotatable bonds is 2. The van der Waals surface area contributed by atoms with Gasteiger partial charge in [0, 0.05) is 0 Å². The van der Waals surface area contributed by atoms with Crippen LogP contribution in [0.4, 0.5) is 4.39 Å². The first-order chi connectivity index (χ1) is 9.08. The van der Waals surface area contributed by atoms with Crippen LogP contribution in [-0.4, -0.2) is 11.1 Å². The van der Waals surface area contributed by atoms with Crippen molar-refractivity contribution in [2.75, 3.05) is 0 Å². The van der Waals surface area contributed by atoms with Crippen LogP contribution in [0.5, 0.6) is 0 Å². The minimum absolute atomic E-state index is 0.305. The summed E-state index contributed by atoms with van der Waals surface area (Å²) in [4.78, 5) is 10.7. The SMILES string of the molecule is CC.Cc1ccc(-c2ccc(C(=O)O)c(F)c2)cc1. The Hall–Kier alpha value is -2.16. The predicted molar refractivity (Wildman–Crippen MR) is 74.9 cm³/mol. The van der Waals surface area contributed by atoms with E-state index in [9.17, 15) is 9.18 Å². The van der Waals surface area contributed by atoms with Crippen molar-refractivity contribution in [3.8, 4) is 11.1 Å². The lowest BCUT2D eigenvalue weighted by Crippen LogP contribution is -2.00. The van der Waals surface area contributed by atoms with Gasteiger partial charge in [-0.2, -0.15) is 0 Å². The largest absolute Gasteiger partial charge is 0.478 e. The number of halogens is 1. The topological polar surface area (TPSA) is 37.3 Å². The third-order valence-corrected chi connectivity index (χ3v) is 2.58. The van der Waals surface area contributed by atoms with E-state index in [1.807, 2.05) is 45.0 Å².